The van der Waals surface area contributed by atoms with Crippen LogP contribution in [0.15, 0.2) is 24.3 Å². The zero-order chi connectivity index (χ0) is 15.3. The highest BCUT2D eigenvalue weighted by Gasteiger charge is 2.39. The fourth-order valence-electron chi connectivity index (χ4n) is 2.63. The van der Waals surface area contributed by atoms with Crippen molar-refractivity contribution < 1.29 is 14.3 Å². The molecule has 1 aromatic carbocycles. The molecule has 122 valence electrons. The number of amides is 2. The number of rotatable bonds is 5. The molecule has 1 fully saturated rings. The monoisotopic (exact) mass is 327 g/mol. The van der Waals surface area contributed by atoms with E-state index in [1.807, 2.05) is 0 Å². The lowest BCUT2D eigenvalue weighted by atomic mass is 9.78. The molecule has 1 aromatic rings. The lowest BCUT2D eigenvalue weighted by Crippen LogP contribution is -2.47. The van der Waals surface area contributed by atoms with Gasteiger partial charge in [0.25, 0.3) is 0 Å². The number of primary amides is 1. The predicted octanol–water partition coefficient (Wildman–Crippen LogP) is 1.16. The van der Waals surface area contributed by atoms with Crippen molar-refractivity contribution in [3.05, 3.63) is 29.8 Å². The minimum absolute atomic E-state index is 0. The van der Waals surface area contributed by atoms with Crippen LogP contribution < -0.4 is 16.4 Å². The fourth-order valence-corrected chi connectivity index (χ4v) is 2.63. The summed E-state index contributed by atoms with van der Waals surface area (Å²) in [6.07, 6.45) is 1.45. The summed E-state index contributed by atoms with van der Waals surface area (Å²) in [5.41, 5.74) is 5.67. The third-order valence-electron chi connectivity index (χ3n) is 3.87. The molecule has 4 N–H and O–H groups in total. The number of hydrogen-bond acceptors (Lipinski definition) is 4. The molecule has 1 aliphatic rings. The number of anilines is 1. The van der Waals surface area contributed by atoms with Gasteiger partial charge in [0.05, 0.1) is 12.0 Å². The highest BCUT2D eigenvalue weighted by atomic mass is 35.5. The van der Waals surface area contributed by atoms with Crippen LogP contribution in [0.1, 0.15) is 23.2 Å². The maximum absolute atomic E-state index is 12.6. The molecule has 0 atom stereocenters. The number of ether oxygens (including phenoxy) is 1. The van der Waals surface area contributed by atoms with E-state index in [1.54, 1.807) is 31.4 Å². The number of carbonyl (C=O) groups is 2. The Morgan fingerprint density at radius 2 is 2.05 bits per heavy atom. The van der Waals surface area contributed by atoms with Crippen LogP contribution in [0.2, 0.25) is 0 Å². The van der Waals surface area contributed by atoms with E-state index in [0.717, 1.165) is 25.9 Å². The van der Waals surface area contributed by atoms with Gasteiger partial charge in [0, 0.05) is 18.4 Å². The van der Waals surface area contributed by atoms with Gasteiger partial charge in [-0.05, 0) is 44.1 Å². The molecule has 1 heterocycles. The summed E-state index contributed by atoms with van der Waals surface area (Å²) < 4.78 is 5.24. The van der Waals surface area contributed by atoms with Gasteiger partial charge in [0.15, 0.2) is 0 Å². The maximum atomic E-state index is 12.6. The van der Waals surface area contributed by atoms with Crippen LogP contribution in [0.25, 0.3) is 0 Å². The first-order valence-corrected chi connectivity index (χ1v) is 6.98. The molecule has 6 nitrogen and oxygen atoms in total. The minimum Gasteiger partial charge on any atom is -0.384 e. The molecule has 2 amide bonds. The van der Waals surface area contributed by atoms with Gasteiger partial charge in [0.2, 0.25) is 11.8 Å². The molecule has 7 heteroatoms. The largest absolute Gasteiger partial charge is 0.384 e. The van der Waals surface area contributed by atoms with E-state index in [0.29, 0.717) is 17.9 Å². The number of methoxy groups -OCH3 is 1. The summed E-state index contributed by atoms with van der Waals surface area (Å²) in [5, 5.41) is 6.12. The highest BCUT2D eigenvalue weighted by Crippen LogP contribution is 2.31. The second-order valence-electron chi connectivity index (χ2n) is 5.36. The molecule has 1 saturated heterocycles. The predicted molar refractivity (Wildman–Crippen MR) is 87.3 cm³/mol. The number of hydrogen-bond donors (Lipinski definition) is 3. The van der Waals surface area contributed by atoms with Gasteiger partial charge >= 0.3 is 0 Å². The molecule has 0 bridgehead atoms. The quantitative estimate of drug-likeness (QED) is 0.756. The van der Waals surface area contributed by atoms with Gasteiger partial charge in [-0.2, -0.15) is 0 Å². The van der Waals surface area contributed by atoms with Crippen molar-refractivity contribution in [1.82, 2.24) is 5.32 Å². The first kappa shape index (κ1) is 18.4. The standard InChI is InChI=1S/C15H21N3O3.ClH/c1-21-10-15(5-7-17-8-6-15)14(20)18-12-4-2-3-11(9-12)13(16)19;/h2-4,9,17H,5-8,10H2,1H3,(H2,16,19)(H,18,20);1H. The number of benzene rings is 1. The second kappa shape index (κ2) is 8.12. The number of piperidine rings is 1. The van der Waals surface area contributed by atoms with E-state index in [9.17, 15) is 9.59 Å². The summed E-state index contributed by atoms with van der Waals surface area (Å²) in [5.74, 6) is -0.591. The second-order valence-corrected chi connectivity index (χ2v) is 5.36. The van der Waals surface area contributed by atoms with Crippen molar-refractivity contribution in [2.45, 2.75) is 12.8 Å². The van der Waals surface area contributed by atoms with Crippen LogP contribution in [0.4, 0.5) is 5.69 Å². The molecule has 22 heavy (non-hydrogen) atoms. The number of halogens is 1. The van der Waals surface area contributed by atoms with Crippen LogP contribution in [0, 0.1) is 5.41 Å². The van der Waals surface area contributed by atoms with Crippen LogP contribution in [0.5, 0.6) is 0 Å². The van der Waals surface area contributed by atoms with E-state index < -0.39 is 11.3 Å². The Bertz CT molecular complexity index is 525. The Balaban J connectivity index is 0.00000242. The maximum Gasteiger partial charge on any atom is 0.248 e. The third kappa shape index (κ3) is 4.19. The Morgan fingerprint density at radius 3 is 2.64 bits per heavy atom. The van der Waals surface area contributed by atoms with Crippen LogP contribution >= 0.6 is 12.4 Å². The van der Waals surface area contributed by atoms with Crippen molar-refractivity contribution in [2.75, 3.05) is 32.1 Å². The van der Waals surface area contributed by atoms with Gasteiger partial charge in [-0.3, -0.25) is 9.59 Å². The molecule has 2 rings (SSSR count). The molecule has 0 saturated carbocycles. The van der Waals surface area contributed by atoms with Crippen LogP contribution in [0.3, 0.4) is 0 Å². The zero-order valence-electron chi connectivity index (χ0n) is 12.6. The van der Waals surface area contributed by atoms with E-state index >= 15 is 0 Å². The summed E-state index contributed by atoms with van der Waals surface area (Å²) in [6.45, 7) is 1.96. The number of carbonyl (C=O) groups excluding carboxylic acids is 2. The average molecular weight is 328 g/mol. The van der Waals surface area contributed by atoms with Gasteiger partial charge < -0.3 is 21.1 Å². The Kier molecular flexibility index (Phi) is 6.80. The third-order valence-corrected chi connectivity index (χ3v) is 3.87. The minimum atomic E-state index is -0.525. The average Bonchev–Trinajstić information content (AvgIpc) is 2.48. The van der Waals surface area contributed by atoms with Crippen molar-refractivity contribution >= 4 is 29.9 Å². The van der Waals surface area contributed by atoms with Gasteiger partial charge in [-0.1, -0.05) is 6.07 Å². The summed E-state index contributed by atoms with van der Waals surface area (Å²) in [4.78, 5) is 23.8. The SMILES string of the molecule is COCC1(C(=O)Nc2cccc(C(N)=O)c2)CCNCC1.Cl. The number of nitrogens with one attached hydrogen (secondary N) is 2. The molecular weight excluding hydrogens is 306 g/mol. The van der Waals surface area contributed by atoms with Gasteiger partial charge in [-0.25, -0.2) is 0 Å². The lowest BCUT2D eigenvalue weighted by Gasteiger charge is -2.35. The Morgan fingerprint density at radius 1 is 1.36 bits per heavy atom. The smallest absolute Gasteiger partial charge is 0.248 e. The van der Waals surface area contributed by atoms with Crippen molar-refractivity contribution in [3.63, 3.8) is 0 Å². The topological polar surface area (TPSA) is 93.4 Å². The summed E-state index contributed by atoms with van der Waals surface area (Å²) in [6, 6.07) is 6.64. The Hall–Kier alpha value is -1.63. The fraction of sp³-hybridized carbons (Fsp3) is 0.467. The molecule has 0 aromatic heterocycles. The first-order chi connectivity index (χ1) is 10.1. The van der Waals surface area contributed by atoms with Crippen molar-refractivity contribution in [2.24, 2.45) is 11.1 Å². The molecule has 0 unspecified atom stereocenters. The van der Waals surface area contributed by atoms with E-state index in [2.05, 4.69) is 10.6 Å². The van der Waals surface area contributed by atoms with Crippen LogP contribution in [-0.4, -0.2) is 38.6 Å². The number of nitrogens with two attached hydrogens (primary N) is 1. The normalized spacial score (nSPS) is 16.4. The summed E-state index contributed by atoms with van der Waals surface area (Å²) in [7, 11) is 1.60. The Labute approximate surface area is 136 Å². The lowest BCUT2D eigenvalue weighted by molar-refractivity contribution is -0.130. The van der Waals surface area contributed by atoms with Crippen molar-refractivity contribution in [1.29, 1.82) is 0 Å². The van der Waals surface area contributed by atoms with E-state index in [-0.39, 0.29) is 18.3 Å². The van der Waals surface area contributed by atoms with E-state index in [1.165, 1.54) is 0 Å². The zero-order valence-corrected chi connectivity index (χ0v) is 13.4. The van der Waals surface area contributed by atoms with E-state index in [4.69, 9.17) is 10.5 Å². The van der Waals surface area contributed by atoms with Gasteiger partial charge in [0.1, 0.15) is 0 Å². The summed E-state index contributed by atoms with van der Waals surface area (Å²) >= 11 is 0. The molecule has 0 aliphatic carbocycles. The first-order valence-electron chi connectivity index (χ1n) is 6.98. The highest BCUT2D eigenvalue weighted by molar-refractivity contribution is 5.98. The molecule has 0 spiro atoms. The van der Waals surface area contributed by atoms with Crippen molar-refractivity contribution in [3.8, 4) is 0 Å². The van der Waals surface area contributed by atoms with Crippen LogP contribution in [-0.2, 0) is 9.53 Å². The molecule has 0 radical (unpaired) electrons. The molecule has 1 aliphatic heterocycles. The van der Waals surface area contributed by atoms with Gasteiger partial charge in [-0.15, -0.1) is 12.4 Å². The molecular formula is C15H22ClN3O3.